The van der Waals surface area contributed by atoms with E-state index in [0.29, 0.717) is 17.4 Å². The summed E-state index contributed by atoms with van der Waals surface area (Å²) < 4.78 is 2.64. The van der Waals surface area contributed by atoms with Crippen LogP contribution in [0, 0.1) is 0 Å². The quantitative estimate of drug-likeness (QED) is 0.731. The van der Waals surface area contributed by atoms with Crippen molar-refractivity contribution in [1.82, 2.24) is 25.1 Å². The number of hydrogen-bond acceptors (Lipinski definition) is 6. The highest BCUT2D eigenvalue weighted by Crippen LogP contribution is 2.24. The van der Waals surface area contributed by atoms with Crippen LogP contribution in [-0.4, -0.2) is 38.7 Å². The van der Waals surface area contributed by atoms with Gasteiger partial charge in [-0.05, 0) is 44.1 Å². The number of nitrogens with zero attached hydrogens (tertiary/aromatic N) is 4. The zero-order valence-electron chi connectivity index (χ0n) is 13.7. The highest BCUT2D eigenvalue weighted by atomic mass is 35.5. The van der Waals surface area contributed by atoms with E-state index in [-0.39, 0.29) is 18.3 Å². The number of rotatable bonds is 3. The lowest BCUT2D eigenvalue weighted by Gasteiger charge is -2.19. The van der Waals surface area contributed by atoms with Crippen molar-refractivity contribution >= 4 is 45.8 Å². The van der Waals surface area contributed by atoms with Gasteiger partial charge in [0.2, 0.25) is 5.95 Å². The second-order valence-corrected chi connectivity index (χ2v) is 6.82. The van der Waals surface area contributed by atoms with Gasteiger partial charge in [0.25, 0.3) is 5.91 Å². The summed E-state index contributed by atoms with van der Waals surface area (Å²) in [6.45, 7) is 1.97. The Kier molecular flexibility index (Phi) is 5.31. The maximum absolute atomic E-state index is 12.5. The van der Waals surface area contributed by atoms with Crippen LogP contribution in [0.25, 0.3) is 10.2 Å². The van der Waals surface area contributed by atoms with Crippen LogP contribution in [0.1, 0.15) is 34.9 Å². The largest absolute Gasteiger partial charge is 0.317 e. The molecule has 1 fully saturated rings. The molecule has 1 aliphatic rings. The summed E-state index contributed by atoms with van der Waals surface area (Å²) >= 11 is 1.52. The maximum Gasteiger partial charge on any atom is 0.258 e. The molecule has 9 heteroatoms. The fourth-order valence-electron chi connectivity index (χ4n) is 2.94. The highest BCUT2D eigenvalue weighted by molar-refractivity contribution is 7.16. The van der Waals surface area contributed by atoms with E-state index in [4.69, 9.17) is 0 Å². The zero-order chi connectivity index (χ0) is 16.5. The van der Waals surface area contributed by atoms with Gasteiger partial charge in [0.05, 0.1) is 15.7 Å². The molecule has 0 unspecified atom stereocenters. The Morgan fingerprint density at radius 3 is 2.96 bits per heavy atom. The second-order valence-electron chi connectivity index (χ2n) is 5.93. The second kappa shape index (κ2) is 7.47. The van der Waals surface area contributed by atoms with Gasteiger partial charge >= 0.3 is 0 Å². The Hall–Kier alpha value is -2.03. The molecule has 1 saturated heterocycles. The van der Waals surface area contributed by atoms with E-state index in [2.05, 4.69) is 25.7 Å². The number of piperidine rings is 1. The van der Waals surface area contributed by atoms with E-state index in [9.17, 15) is 4.79 Å². The molecule has 0 radical (unpaired) electrons. The standard InChI is InChI=1S/C16H18N6OS.ClH/c1-22-16(19-14(21-22)10-4-6-17-7-5-10)20-15(23)11-2-3-12-13(8-11)24-9-18-12;/h2-3,8-10,17H,4-7H2,1H3,(H,19,20,21,23);1H. The average molecular weight is 379 g/mol. The molecule has 3 heterocycles. The molecular weight excluding hydrogens is 360 g/mol. The molecule has 132 valence electrons. The molecule has 2 aromatic heterocycles. The lowest BCUT2D eigenvalue weighted by atomic mass is 9.98. The number of aromatic nitrogens is 4. The van der Waals surface area contributed by atoms with Crippen LogP contribution in [0.3, 0.4) is 0 Å². The topological polar surface area (TPSA) is 84.7 Å². The Morgan fingerprint density at radius 1 is 1.36 bits per heavy atom. The SMILES string of the molecule is Cl.Cn1nc(C2CCNCC2)nc1NC(=O)c1ccc2ncsc2c1. The van der Waals surface area contributed by atoms with E-state index in [1.54, 1.807) is 23.3 Å². The predicted octanol–water partition coefficient (Wildman–Crippen LogP) is 2.57. The van der Waals surface area contributed by atoms with Gasteiger partial charge in [-0.3, -0.25) is 10.1 Å². The van der Waals surface area contributed by atoms with Crippen LogP contribution in [0.4, 0.5) is 5.95 Å². The fourth-order valence-corrected chi connectivity index (χ4v) is 3.65. The summed E-state index contributed by atoms with van der Waals surface area (Å²) in [5, 5.41) is 10.7. The first kappa shape index (κ1) is 17.8. The number of thiazole rings is 1. The Bertz CT molecular complexity index is 886. The molecule has 1 amide bonds. The first-order chi connectivity index (χ1) is 11.7. The van der Waals surface area contributed by atoms with Crippen LogP contribution < -0.4 is 10.6 Å². The lowest BCUT2D eigenvalue weighted by Crippen LogP contribution is -2.27. The van der Waals surface area contributed by atoms with Crippen molar-refractivity contribution in [2.75, 3.05) is 18.4 Å². The third-order valence-corrected chi connectivity index (χ3v) is 5.09. The van der Waals surface area contributed by atoms with E-state index in [1.807, 2.05) is 12.1 Å². The molecule has 4 rings (SSSR count). The summed E-state index contributed by atoms with van der Waals surface area (Å²) in [7, 11) is 1.81. The molecule has 1 aliphatic heterocycles. The van der Waals surface area contributed by atoms with Gasteiger partial charge in [-0.2, -0.15) is 10.1 Å². The van der Waals surface area contributed by atoms with E-state index in [1.165, 1.54) is 11.3 Å². The molecule has 0 bridgehead atoms. The normalized spacial score (nSPS) is 15.1. The molecule has 0 spiro atoms. The Labute approximate surface area is 155 Å². The van der Waals surface area contributed by atoms with Crippen LogP contribution in [0.15, 0.2) is 23.7 Å². The molecule has 7 nitrogen and oxygen atoms in total. The number of hydrogen-bond donors (Lipinski definition) is 2. The summed E-state index contributed by atoms with van der Waals surface area (Å²) in [6, 6.07) is 5.49. The number of benzene rings is 1. The van der Waals surface area contributed by atoms with Crippen molar-refractivity contribution in [2.45, 2.75) is 18.8 Å². The molecule has 25 heavy (non-hydrogen) atoms. The molecule has 3 aromatic rings. The fraction of sp³-hybridized carbons (Fsp3) is 0.375. The number of aryl methyl sites for hydroxylation is 1. The summed E-state index contributed by atoms with van der Waals surface area (Å²) in [6.07, 6.45) is 2.05. The summed E-state index contributed by atoms with van der Waals surface area (Å²) in [5.41, 5.74) is 3.28. The molecule has 1 aromatic carbocycles. The van der Waals surface area contributed by atoms with E-state index >= 15 is 0 Å². The Balaban J connectivity index is 0.00000182. The van der Waals surface area contributed by atoms with Crippen molar-refractivity contribution in [1.29, 1.82) is 0 Å². The predicted molar refractivity (Wildman–Crippen MR) is 101 cm³/mol. The molecule has 2 N–H and O–H groups in total. The molecule has 0 atom stereocenters. The number of nitrogens with one attached hydrogen (secondary N) is 2. The first-order valence-corrected chi connectivity index (χ1v) is 8.85. The number of carbonyl (C=O) groups excluding carboxylic acids is 1. The van der Waals surface area contributed by atoms with Crippen LogP contribution in [0.2, 0.25) is 0 Å². The van der Waals surface area contributed by atoms with Crippen LogP contribution in [-0.2, 0) is 7.05 Å². The zero-order valence-corrected chi connectivity index (χ0v) is 15.4. The lowest BCUT2D eigenvalue weighted by molar-refractivity contribution is 0.102. The van der Waals surface area contributed by atoms with Crippen molar-refractivity contribution in [3.63, 3.8) is 0 Å². The number of halogens is 1. The number of carbonyl (C=O) groups is 1. The minimum atomic E-state index is -0.183. The summed E-state index contributed by atoms with van der Waals surface area (Å²) in [4.78, 5) is 21.3. The van der Waals surface area contributed by atoms with E-state index < -0.39 is 0 Å². The van der Waals surface area contributed by atoms with Gasteiger partial charge in [-0.1, -0.05) is 0 Å². The highest BCUT2D eigenvalue weighted by Gasteiger charge is 2.21. The van der Waals surface area contributed by atoms with Crippen molar-refractivity contribution in [3.8, 4) is 0 Å². The van der Waals surface area contributed by atoms with Crippen molar-refractivity contribution in [3.05, 3.63) is 35.1 Å². The Morgan fingerprint density at radius 2 is 2.16 bits per heavy atom. The first-order valence-electron chi connectivity index (χ1n) is 7.97. The van der Waals surface area contributed by atoms with Crippen LogP contribution in [0.5, 0.6) is 0 Å². The van der Waals surface area contributed by atoms with E-state index in [0.717, 1.165) is 42.0 Å². The number of fused-ring (bicyclic) bond motifs is 1. The number of amides is 1. The van der Waals surface area contributed by atoms with Crippen LogP contribution >= 0.6 is 23.7 Å². The smallest absolute Gasteiger partial charge is 0.258 e. The minimum Gasteiger partial charge on any atom is -0.317 e. The van der Waals surface area contributed by atoms with Gasteiger partial charge in [-0.15, -0.1) is 23.7 Å². The van der Waals surface area contributed by atoms with Gasteiger partial charge in [-0.25, -0.2) is 9.67 Å². The third kappa shape index (κ3) is 3.65. The van der Waals surface area contributed by atoms with Gasteiger partial charge in [0, 0.05) is 18.5 Å². The monoisotopic (exact) mass is 378 g/mol. The third-order valence-electron chi connectivity index (χ3n) is 4.30. The average Bonchev–Trinajstić information content (AvgIpc) is 3.22. The van der Waals surface area contributed by atoms with Gasteiger partial charge in [0.15, 0.2) is 5.82 Å². The van der Waals surface area contributed by atoms with Gasteiger partial charge in [0.1, 0.15) is 0 Å². The molecule has 0 saturated carbocycles. The maximum atomic E-state index is 12.5. The minimum absolute atomic E-state index is 0. The van der Waals surface area contributed by atoms with Crippen molar-refractivity contribution < 1.29 is 4.79 Å². The summed E-state index contributed by atoms with van der Waals surface area (Å²) in [5.74, 6) is 1.47. The molecule has 0 aliphatic carbocycles. The van der Waals surface area contributed by atoms with Crippen molar-refractivity contribution in [2.24, 2.45) is 7.05 Å². The number of anilines is 1. The molecular formula is C16H19ClN6OS. The van der Waals surface area contributed by atoms with Gasteiger partial charge < -0.3 is 5.32 Å².